The molecule has 0 aromatic carbocycles. The Balaban J connectivity index is 0.000000500. The van der Waals surface area contributed by atoms with E-state index < -0.39 is 0 Å². The van der Waals surface area contributed by atoms with Crippen LogP contribution in [-0.4, -0.2) is 23.0 Å². The van der Waals surface area contributed by atoms with E-state index in [1.54, 1.807) is 0 Å². The van der Waals surface area contributed by atoms with E-state index in [2.05, 4.69) is 48.3 Å². The zero-order chi connectivity index (χ0) is 10.8. The Morgan fingerprint density at radius 2 is 2.29 bits per heavy atom. The standard InChI is InChI=1S/C9H16N2.CHNS/c1-3-5-6-11-8-7-10(4-2)9-11;2-1-3/h4,7-8H,2-3,5-6,9H2,1H3;3H. The van der Waals surface area contributed by atoms with E-state index >= 15 is 0 Å². The number of nitrogens with zero attached hydrogens (tertiary/aromatic N) is 3. The fourth-order valence-electron chi connectivity index (χ4n) is 1.11. The lowest BCUT2D eigenvalue weighted by molar-refractivity contribution is 0.310. The van der Waals surface area contributed by atoms with Crippen LogP contribution in [0.2, 0.25) is 0 Å². The van der Waals surface area contributed by atoms with Crippen LogP contribution in [-0.2, 0) is 0 Å². The van der Waals surface area contributed by atoms with Gasteiger partial charge in [0.15, 0.2) is 0 Å². The lowest BCUT2D eigenvalue weighted by Crippen LogP contribution is -2.22. The number of rotatable bonds is 4. The summed E-state index contributed by atoms with van der Waals surface area (Å²) in [5.74, 6) is 0. The predicted octanol–water partition coefficient (Wildman–Crippen LogP) is 2.37. The van der Waals surface area contributed by atoms with Gasteiger partial charge >= 0.3 is 0 Å². The minimum Gasteiger partial charge on any atom is -0.358 e. The van der Waals surface area contributed by atoms with Crippen molar-refractivity contribution in [3.05, 3.63) is 25.2 Å². The molecule has 0 aliphatic carbocycles. The second-order valence-electron chi connectivity index (χ2n) is 2.90. The lowest BCUT2D eigenvalue weighted by atomic mass is 10.3. The zero-order valence-electron chi connectivity index (χ0n) is 8.56. The molecule has 3 nitrogen and oxygen atoms in total. The summed E-state index contributed by atoms with van der Waals surface area (Å²) in [6, 6.07) is 0. The SMILES string of the molecule is C=CN1C=CN(CCCC)C1.N#CS. The van der Waals surface area contributed by atoms with Gasteiger partial charge in [0.2, 0.25) is 0 Å². The molecule has 0 saturated heterocycles. The van der Waals surface area contributed by atoms with E-state index in [4.69, 9.17) is 5.26 Å². The Kier molecular flexibility index (Phi) is 7.86. The Bertz CT molecular complexity index is 220. The van der Waals surface area contributed by atoms with Crippen molar-refractivity contribution >= 4 is 12.6 Å². The van der Waals surface area contributed by atoms with Crippen molar-refractivity contribution in [3.63, 3.8) is 0 Å². The van der Waals surface area contributed by atoms with Crippen LogP contribution in [0, 0.1) is 10.7 Å². The van der Waals surface area contributed by atoms with Crippen LogP contribution in [0.25, 0.3) is 0 Å². The van der Waals surface area contributed by atoms with Gasteiger partial charge in [0.1, 0.15) is 5.40 Å². The van der Waals surface area contributed by atoms with Gasteiger partial charge in [-0.3, -0.25) is 0 Å². The third kappa shape index (κ3) is 5.55. The van der Waals surface area contributed by atoms with Crippen molar-refractivity contribution in [1.82, 2.24) is 9.80 Å². The number of nitriles is 1. The van der Waals surface area contributed by atoms with Crippen LogP contribution in [0.3, 0.4) is 0 Å². The van der Waals surface area contributed by atoms with Crippen LogP contribution in [0.1, 0.15) is 19.8 Å². The molecule has 1 aliphatic rings. The average Bonchev–Trinajstić information content (AvgIpc) is 2.63. The highest BCUT2D eigenvalue weighted by atomic mass is 32.1. The fraction of sp³-hybridized carbons (Fsp3) is 0.500. The van der Waals surface area contributed by atoms with E-state index in [9.17, 15) is 0 Å². The normalized spacial score (nSPS) is 13.2. The molecular weight excluding hydrogens is 194 g/mol. The van der Waals surface area contributed by atoms with Crippen LogP contribution in [0.4, 0.5) is 0 Å². The van der Waals surface area contributed by atoms with Gasteiger partial charge < -0.3 is 9.80 Å². The molecule has 0 amide bonds. The quantitative estimate of drug-likeness (QED) is 0.572. The van der Waals surface area contributed by atoms with E-state index in [1.807, 2.05) is 6.20 Å². The molecule has 0 fully saturated rings. The van der Waals surface area contributed by atoms with E-state index in [0.29, 0.717) is 0 Å². The zero-order valence-corrected chi connectivity index (χ0v) is 9.45. The molecule has 1 heterocycles. The van der Waals surface area contributed by atoms with Gasteiger partial charge in [-0.2, -0.15) is 5.26 Å². The maximum atomic E-state index is 7.18. The van der Waals surface area contributed by atoms with Crippen molar-refractivity contribution in [1.29, 1.82) is 5.26 Å². The first kappa shape index (κ1) is 12.9. The molecule has 0 aromatic heterocycles. The van der Waals surface area contributed by atoms with Crippen molar-refractivity contribution in [3.8, 4) is 5.40 Å². The molecule has 1 rings (SSSR count). The molecule has 4 heteroatoms. The Morgan fingerprint density at radius 1 is 1.64 bits per heavy atom. The number of hydrogen-bond donors (Lipinski definition) is 1. The van der Waals surface area contributed by atoms with Gasteiger partial charge in [-0.05, 0) is 12.6 Å². The highest BCUT2D eigenvalue weighted by Gasteiger charge is 2.07. The van der Waals surface area contributed by atoms with Crippen LogP contribution in [0.15, 0.2) is 25.2 Å². The van der Waals surface area contributed by atoms with Crippen LogP contribution < -0.4 is 0 Å². The first-order chi connectivity index (χ1) is 6.78. The third-order valence-electron chi connectivity index (χ3n) is 1.85. The molecule has 0 radical (unpaired) electrons. The molecule has 0 bridgehead atoms. The Labute approximate surface area is 91.7 Å². The van der Waals surface area contributed by atoms with Gasteiger partial charge in [-0.15, -0.1) is 0 Å². The summed E-state index contributed by atoms with van der Waals surface area (Å²) in [5, 5.41) is 8.63. The fourth-order valence-corrected chi connectivity index (χ4v) is 1.11. The third-order valence-corrected chi connectivity index (χ3v) is 1.85. The minimum atomic E-state index is 0.976. The maximum Gasteiger partial charge on any atom is 0.130 e. The van der Waals surface area contributed by atoms with E-state index in [0.717, 1.165) is 13.2 Å². The molecule has 0 N–H and O–H groups in total. The second-order valence-corrected chi connectivity index (χ2v) is 3.10. The molecule has 0 spiro atoms. The number of hydrogen-bond acceptors (Lipinski definition) is 4. The summed E-state index contributed by atoms with van der Waals surface area (Å²) in [6.45, 7) is 8.06. The van der Waals surface area contributed by atoms with Crippen LogP contribution in [0.5, 0.6) is 0 Å². The van der Waals surface area contributed by atoms with Gasteiger partial charge in [0, 0.05) is 18.9 Å². The highest BCUT2D eigenvalue weighted by Crippen LogP contribution is 2.06. The van der Waals surface area contributed by atoms with Crippen molar-refractivity contribution in [2.75, 3.05) is 13.2 Å². The lowest BCUT2D eigenvalue weighted by Gasteiger charge is -2.17. The smallest absolute Gasteiger partial charge is 0.130 e. The number of thiol groups is 1. The summed E-state index contributed by atoms with van der Waals surface area (Å²) in [6.07, 6.45) is 8.57. The predicted molar refractivity (Wildman–Crippen MR) is 62.3 cm³/mol. The maximum absolute atomic E-state index is 7.18. The Hall–Kier alpha value is -1.08. The molecule has 1 aliphatic heterocycles. The summed E-state index contributed by atoms with van der Waals surface area (Å²) in [4.78, 5) is 4.38. The first-order valence-electron chi connectivity index (χ1n) is 4.62. The molecule has 14 heavy (non-hydrogen) atoms. The average molecular weight is 211 g/mol. The first-order valence-corrected chi connectivity index (χ1v) is 5.07. The monoisotopic (exact) mass is 211 g/mol. The molecular formula is C10H17N3S. The van der Waals surface area contributed by atoms with Gasteiger partial charge in [-0.25, -0.2) is 0 Å². The van der Waals surface area contributed by atoms with E-state index in [1.165, 1.54) is 18.2 Å². The van der Waals surface area contributed by atoms with Crippen molar-refractivity contribution < 1.29 is 0 Å². The van der Waals surface area contributed by atoms with Crippen molar-refractivity contribution in [2.24, 2.45) is 0 Å². The Morgan fingerprint density at radius 3 is 2.71 bits per heavy atom. The molecule has 78 valence electrons. The van der Waals surface area contributed by atoms with E-state index in [-0.39, 0.29) is 0 Å². The largest absolute Gasteiger partial charge is 0.358 e. The molecule has 0 aromatic rings. The summed E-state index contributed by atoms with van der Waals surface area (Å²) in [5.41, 5.74) is 0. The topological polar surface area (TPSA) is 30.3 Å². The minimum absolute atomic E-state index is 0.976. The second kappa shape index (κ2) is 8.52. The van der Waals surface area contributed by atoms with Crippen LogP contribution >= 0.6 is 12.6 Å². The highest BCUT2D eigenvalue weighted by molar-refractivity contribution is 7.85. The van der Waals surface area contributed by atoms with Crippen molar-refractivity contribution in [2.45, 2.75) is 19.8 Å². The number of unbranched alkanes of at least 4 members (excludes halogenated alkanes) is 1. The number of thiocyanates is 1. The molecule has 0 atom stereocenters. The summed E-state index contributed by atoms with van der Waals surface area (Å²) >= 11 is 3.09. The van der Waals surface area contributed by atoms with Gasteiger partial charge in [0.05, 0.1) is 6.67 Å². The molecule has 0 unspecified atom stereocenters. The molecule has 0 saturated carbocycles. The van der Waals surface area contributed by atoms with Gasteiger partial charge in [0.25, 0.3) is 0 Å². The van der Waals surface area contributed by atoms with Gasteiger partial charge in [-0.1, -0.05) is 32.6 Å². The summed E-state index contributed by atoms with van der Waals surface area (Å²) in [7, 11) is 0. The summed E-state index contributed by atoms with van der Waals surface area (Å²) < 4.78 is 0.